The van der Waals surface area contributed by atoms with Crippen molar-refractivity contribution in [2.75, 3.05) is 5.32 Å². The van der Waals surface area contributed by atoms with Crippen LogP contribution in [0.3, 0.4) is 0 Å². The topological polar surface area (TPSA) is 29.1 Å². The number of halogens is 3. The molecule has 0 atom stereocenters. The van der Waals surface area contributed by atoms with Crippen LogP contribution in [0, 0.1) is 3.57 Å². The van der Waals surface area contributed by atoms with Gasteiger partial charge in [-0.15, -0.1) is 0 Å². The zero-order valence-electron chi connectivity index (χ0n) is 9.08. The fourth-order valence-electron chi connectivity index (χ4n) is 1.44. The normalized spacial score (nSPS) is 10.2. The van der Waals surface area contributed by atoms with Crippen molar-refractivity contribution in [2.24, 2.45) is 0 Å². The number of benzene rings is 2. The minimum Gasteiger partial charge on any atom is -0.322 e. The Kier molecular flexibility index (Phi) is 4.64. The molecule has 0 saturated carbocycles. The summed E-state index contributed by atoms with van der Waals surface area (Å²) in [6.07, 6.45) is 0. The number of hydrogen-bond donors (Lipinski definition) is 1. The highest BCUT2D eigenvalue weighted by atomic mass is 127. The van der Waals surface area contributed by atoms with Gasteiger partial charge in [0.2, 0.25) is 0 Å². The fourth-order valence-corrected chi connectivity index (χ4v) is 2.84. The maximum atomic E-state index is 12.1. The molecule has 2 nitrogen and oxygen atoms in total. The van der Waals surface area contributed by atoms with E-state index in [2.05, 4.69) is 43.8 Å². The summed E-state index contributed by atoms with van der Waals surface area (Å²) in [5.74, 6) is -0.166. The SMILES string of the molecule is O=C(Nc1cccc(I)c1)c1ccc(Cl)cc1Br. The van der Waals surface area contributed by atoms with Gasteiger partial charge in [0.1, 0.15) is 0 Å². The molecule has 2 aromatic rings. The Morgan fingerprint density at radius 3 is 2.67 bits per heavy atom. The maximum absolute atomic E-state index is 12.1. The lowest BCUT2D eigenvalue weighted by Gasteiger charge is -2.07. The third kappa shape index (κ3) is 3.46. The van der Waals surface area contributed by atoms with Crippen LogP contribution in [0.4, 0.5) is 5.69 Å². The van der Waals surface area contributed by atoms with Crippen LogP contribution in [0.1, 0.15) is 10.4 Å². The monoisotopic (exact) mass is 435 g/mol. The van der Waals surface area contributed by atoms with E-state index < -0.39 is 0 Å². The summed E-state index contributed by atoms with van der Waals surface area (Å²) in [6.45, 7) is 0. The molecule has 2 rings (SSSR count). The molecule has 2 aromatic carbocycles. The molecule has 0 bridgehead atoms. The molecule has 1 N–H and O–H groups in total. The Morgan fingerprint density at radius 1 is 1.22 bits per heavy atom. The Hall–Kier alpha value is -0.590. The molecule has 0 aromatic heterocycles. The first-order chi connectivity index (χ1) is 8.56. The quantitative estimate of drug-likeness (QED) is 0.663. The van der Waals surface area contributed by atoms with Crippen molar-refractivity contribution in [3.05, 3.63) is 61.1 Å². The van der Waals surface area contributed by atoms with E-state index in [-0.39, 0.29) is 5.91 Å². The molecular formula is C13H8BrClINO. The zero-order chi connectivity index (χ0) is 13.1. The minimum atomic E-state index is -0.166. The van der Waals surface area contributed by atoms with Crippen molar-refractivity contribution in [3.8, 4) is 0 Å². The molecule has 0 saturated heterocycles. The Labute approximate surface area is 132 Å². The molecule has 92 valence electrons. The average Bonchev–Trinajstić information content (AvgIpc) is 2.28. The van der Waals surface area contributed by atoms with Crippen LogP contribution in [0.5, 0.6) is 0 Å². The summed E-state index contributed by atoms with van der Waals surface area (Å²) in [6, 6.07) is 12.7. The minimum absolute atomic E-state index is 0.166. The van der Waals surface area contributed by atoms with Gasteiger partial charge < -0.3 is 5.32 Å². The van der Waals surface area contributed by atoms with Crippen LogP contribution in [-0.4, -0.2) is 5.91 Å². The maximum Gasteiger partial charge on any atom is 0.256 e. The van der Waals surface area contributed by atoms with E-state index in [1.165, 1.54) is 0 Å². The third-order valence-corrected chi connectivity index (χ3v) is 3.82. The number of amides is 1. The molecule has 0 aliphatic heterocycles. The molecule has 5 heteroatoms. The zero-order valence-corrected chi connectivity index (χ0v) is 13.6. The second-order valence-corrected chi connectivity index (χ2v) is 6.13. The lowest BCUT2D eigenvalue weighted by molar-refractivity contribution is 0.102. The van der Waals surface area contributed by atoms with Gasteiger partial charge in [0.25, 0.3) is 5.91 Å². The molecule has 0 aliphatic carbocycles. The number of carbonyl (C=O) groups excluding carboxylic acids is 1. The highest BCUT2D eigenvalue weighted by Gasteiger charge is 2.10. The second-order valence-electron chi connectivity index (χ2n) is 3.59. The molecule has 0 heterocycles. The first-order valence-electron chi connectivity index (χ1n) is 5.08. The van der Waals surface area contributed by atoms with Crippen molar-refractivity contribution in [1.82, 2.24) is 0 Å². The van der Waals surface area contributed by atoms with Crippen molar-refractivity contribution >= 4 is 61.7 Å². The molecule has 0 fully saturated rings. The van der Waals surface area contributed by atoms with Crippen LogP contribution < -0.4 is 5.32 Å². The van der Waals surface area contributed by atoms with Gasteiger partial charge in [-0.3, -0.25) is 4.79 Å². The molecule has 18 heavy (non-hydrogen) atoms. The Balaban J connectivity index is 2.22. The summed E-state index contributed by atoms with van der Waals surface area (Å²) in [5.41, 5.74) is 1.33. The number of hydrogen-bond acceptors (Lipinski definition) is 1. The highest BCUT2D eigenvalue weighted by molar-refractivity contribution is 14.1. The van der Waals surface area contributed by atoms with Crippen LogP contribution in [0.15, 0.2) is 46.9 Å². The fraction of sp³-hybridized carbons (Fsp3) is 0. The largest absolute Gasteiger partial charge is 0.322 e. The van der Waals surface area contributed by atoms with E-state index in [1.807, 2.05) is 24.3 Å². The lowest BCUT2D eigenvalue weighted by atomic mass is 10.2. The summed E-state index contributed by atoms with van der Waals surface area (Å²) < 4.78 is 1.75. The van der Waals surface area contributed by atoms with Crippen LogP contribution in [0.2, 0.25) is 5.02 Å². The van der Waals surface area contributed by atoms with Crippen LogP contribution in [0.25, 0.3) is 0 Å². The predicted molar refractivity (Wildman–Crippen MR) is 86.3 cm³/mol. The first-order valence-corrected chi connectivity index (χ1v) is 7.33. The Morgan fingerprint density at radius 2 is 2.00 bits per heavy atom. The number of anilines is 1. The highest BCUT2D eigenvalue weighted by Crippen LogP contribution is 2.23. The number of rotatable bonds is 2. The van der Waals surface area contributed by atoms with E-state index in [0.29, 0.717) is 15.1 Å². The molecule has 0 unspecified atom stereocenters. The van der Waals surface area contributed by atoms with Crippen LogP contribution in [-0.2, 0) is 0 Å². The van der Waals surface area contributed by atoms with Gasteiger partial charge in [-0.2, -0.15) is 0 Å². The second kappa shape index (κ2) is 6.04. The first kappa shape index (κ1) is 13.8. The van der Waals surface area contributed by atoms with E-state index in [4.69, 9.17) is 11.6 Å². The van der Waals surface area contributed by atoms with E-state index in [9.17, 15) is 4.79 Å². The predicted octanol–water partition coefficient (Wildman–Crippen LogP) is 4.96. The van der Waals surface area contributed by atoms with Crippen molar-refractivity contribution in [2.45, 2.75) is 0 Å². The average molecular weight is 436 g/mol. The van der Waals surface area contributed by atoms with E-state index >= 15 is 0 Å². The lowest BCUT2D eigenvalue weighted by Crippen LogP contribution is -2.12. The van der Waals surface area contributed by atoms with Gasteiger partial charge in [-0.1, -0.05) is 17.7 Å². The van der Waals surface area contributed by atoms with Gasteiger partial charge >= 0.3 is 0 Å². The van der Waals surface area contributed by atoms with Gasteiger partial charge in [0.15, 0.2) is 0 Å². The number of nitrogens with one attached hydrogen (secondary N) is 1. The molecule has 0 aliphatic rings. The molecule has 0 radical (unpaired) electrons. The van der Waals surface area contributed by atoms with Crippen molar-refractivity contribution in [1.29, 1.82) is 0 Å². The third-order valence-electron chi connectivity index (χ3n) is 2.26. The summed E-state index contributed by atoms with van der Waals surface area (Å²) in [5, 5.41) is 3.43. The van der Waals surface area contributed by atoms with Crippen molar-refractivity contribution < 1.29 is 4.79 Å². The van der Waals surface area contributed by atoms with Gasteiger partial charge in [-0.05, 0) is 74.9 Å². The molecular weight excluding hydrogens is 428 g/mol. The van der Waals surface area contributed by atoms with E-state index in [1.54, 1.807) is 18.2 Å². The van der Waals surface area contributed by atoms with E-state index in [0.717, 1.165) is 9.26 Å². The molecule has 0 spiro atoms. The van der Waals surface area contributed by atoms with Gasteiger partial charge in [0, 0.05) is 18.8 Å². The molecule has 1 amide bonds. The summed E-state index contributed by atoms with van der Waals surface area (Å²) in [7, 11) is 0. The van der Waals surface area contributed by atoms with Crippen molar-refractivity contribution in [3.63, 3.8) is 0 Å². The number of carbonyl (C=O) groups is 1. The summed E-state index contributed by atoms with van der Waals surface area (Å²) in [4.78, 5) is 12.1. The van der Waals surface area contributed by atoms with Gasteiger partial charge in [-0.25, -0.2) is 0 Å². The van der Waals surface area contributed by atoms with Crippen LogP contribution >= 0.6 is 50.1 Å². The summed E-state index contributed by atoms with van der Waals surface area (Å²) >= 11 is 11.4. The smallest absolute Gasteiger partial charge is 0.256 e. The van der Waals surface area contributed by atoms with Gasteiger partial charge in [0.05, 0.1) is 5.56 Å². The Bertz CT molecular complexity index is 603. The standard InChI is InChI=1S/C13H8BrClINO/c14-12-6-8(15)4-5-11(12)13(18)17-10-3-1-2-9(16)7-10/h1-7H,(H,17,18).